The van der Waals surface area contributed by atoms with Gasteiger partial charge in [-0.15, -0.1) is 0 Å². The second-order valence-electron chi connectivity index (χ2n) is 5.78. The molecular formula is C15H19BrN2O2. The van der Waals surface area contributed by atoms with Gasteiger partial charge in [0.2, 0.25) is 5.91 Å². The Morgan fingerprint density at radius 1 is 1.45 bits per heavy atom. The topological polar surface area (TPSA) is 42.4 Å². The highest BCUT2D eigenvalue weighted by atomic mass is 79.9. The van der Waals surface area contributed by atoms with Crippen molar-refractivity contribution in [2.45, 2.75) is 32.3 Å². The number of rotatable bonds is 4. The Balaban J connectivity index is 1.55. The smallest absolute Gasteiger partial charge is 0.225 e. The summed E-state index contributed by atoms with van der Waals surface area (Å²) in [6.07, 6.45) is 6.85. The third-order valence-corrected chi connectivity index (χ3v) is 4.59. The third kappa shape index (κ3) is 3.14. The summed E-state index contributed by atoms with van der Waals surface area (Å²) in [7, 11) is 0. The SMILES string of the molecule is CC(C(=O)N1CCC(Oc2cncc(Br)c2)C1)C1CC1. The van der Waals surface area contributed by atoms with E-state index >= 15 is 0 Å². The molecular weight excluding hydrogens is 320 g/mol. The molecule has 1 saturated carbocycles. The Hall–Kier alpha value is -1.10. The highest BCUT2D eigenvalue weighted by Gasteiger charge is 2.37. The molecule has 20 heavy (non-hydrogen) atoms. The Labute approximate surface area is 127 Å². The third-order valence-electron chi connectivity index (χ3n) is 4.16. The van der Waals surface area contributed by atoms with Crippen molar-refractivity contribution in [2.24, 2.45) is 11.8 Å². The van der Waals surface area contributed by atoms with Crippen molar-refractivity contribution < 1.29 is 9.53 Å². The van der Waals surface area contributed by atoms with Crippen LogP contribution in [-0.4, -0.2) is 35.0 Å². The van der Waals surface area contributed by atoms with Gasteiger partial charge in [0.25, 0.3) is 0 Å². The molecule has 2 heterocycles. The van der Waals surface area contributed by atoms with Crippen LogP contribution >= 0.6 is 15.9 Å². The zero-order valence-electron chi connectivity index (χ0n) is 11.6. The van der Waals surface area contributed by atoms with E-state index in [0.717, 1.165) is 23.2 Å². The van der Waals surface area contributed by atoms with E-state index in [0.29, 0.717) is 18.4 Å². The van der Waals surface area contributed by atoms with E-state index in [9.17, 15) is 4.79 Å². The number of amides is 1. The van der Waals surface area contributed by atoms with Crippen molar-refractivity contribution in [1.82, 2.24) is 9.88 Å². The van der Waals surface area contributed by atoms with Crippen molar-refractivity contribution in [3.8, 4) is 5.75 Å². The lowest BCUT2D eigenvalue weighted by molar-refractivity contribution is -0.134. The minimum Gasteiger partial charge on any atom is -0.487 e. The lowest BCUT2D eigenvalue weighted by Crippen LogP contribution is -2.35. The van der Waals surface area contributed by atoms with Crippen molar-refractivity contribution >= 4 is 21.8 Å². The average molecular weight is 339 g/mol. The number of nitrogens with zero attached hydrogens (tertiary/aromatic N) is 2. The van der Waals surface area contributed by atoms with Crippen LogP contribution in [0.15, 0.2) is 22.9 Å². The van der Waals surface area contributed by atoms with Crippen LogP contribution in [0, 0.1) is 11.8 Å². The first kappa shape index (κ1) is 13.9. The van der Waals surface area contributed by atoms with Gasteiger partial charge in [-0.3, -0.25) is 9.78 Å². The van der Waals surface area contributed by atoms with Gasteiger partial charge in [-0.25, -0.2) is 0 Å². The fourth-order valence-electron chi connectivity index (χ4n) is 2.76. The second kappa shape index (κ2) is 5.72. The van der Waals surface area contributed by atoms with Crippen LogP contribution in [0.4, 0.5) is 0 Å². The van der Waals surface area contributed by atoms with E-state index < -0.39 is 0 Å². The standard InChI is InChI=1S/C15H19BrN2O2/c1-10(11-2-3-11)15(19)18-5-4-13(9-18)20-14-6-12(16)7-17-8-14/h6-8,10-11,13H,2-5,9H2,1H3. The van der Waals surface area contributed by atoms with Gasteiger partial charge in [0.05, 0.1) is 12.7 Å². The zero-order chi connectivity index (χ0) is 14.1. The van der Waals surface area contributed by atoms with Crippen molar-refractivity contribution in [3.05, 3.63) is 22.9 Å². The first-order valence-electron chi connectivity index (χ1n) is 7.19. The summed E-state index contributed by atoms with van der Waals surface area (Å²) in [6, 6.07) is 1.91. The molecule has 0 spiro atoms. The summed E-state index contributed by atoms with van der Waals surface area (Å²) in [5.74, 6) is 1.86. The molecule has 2 unspecified atom stereocenters. The van der Waals surface area contributed by atoms with Gasteiger partial charge in [-0.2, -0.15) is 0 Å². The van der Waals surface area contributed by atoms with Gasteiger partial charge in [0.15, 0.2) is 0 Å². The number of aromatic nitrogens is 1. The van der Waals surface area contributed by atoms with E-state index in [1.165, 1.54) is 12.8 Å². The molecule has 0 radical (unpaired) electrons. The molecule has 1 aromatic rings. The normalized spacial score (nSPS) is 23.7. The highest BCUT2D eigenvalue weighted by molar-refractivity contribution is 9.10. The number of likely N-dealkylation sites (tertiary alicyclic amines) is 1. The summed E-state index contributed by atoms with van der Waals surface area (Å²) in [6.45, 7) is 3.57. The molecule has 4 nitrogen and oxygen atoms in total. The van der Waals surface area contributed by atoms with Gasteiger partial charge < -0.3 is 9.64 Å². The monoisotopic (exact) mass is 338 g/mol. The maximum absolute atomic E-state index is 12.3. The van der Waals surface area contributed by atoms with Gasteiger partial charge in [-0.1, -0.05) is 6.92 Å². The van der Waals surface area contributed by atoms with Crippen molar-refractivity contribution in [2.75, 3.05) is 13.1 Å². The summed E-state index contributed by atoms with van der Waals surface area (Å²) in [5, 5.41) is 0. The Bertz CT molecular complexity index is 504. The van der Waals surface area contributed by atoms with Crippen LogP contribution in [0.5, 0.6) is 5.75 Å². The fourth-order valence-corrected chi connectivity index (χ4v) is 3.10. The number of carbonyl (C=O) groups excluding carboxylic acids is 1. The van der Waals surface area contributed by atoms with E-state index in [-0.39, 0.29) is 12.0 Å². The molecule has 0 aromatic carbocycles. The summed E-state index contributed by atoms with van der Waals surface area (Å²) < 4.78 is 6.81. The molecule has 0 bridgehead atoms. The number of halogens is 1. The Morgan fingerprint density at radius 2 is 2.25 bits per heavy atom. The average Bonchev–Trinajstić information content (AvgIpc) is 3.18. The van der Waals surface area contributed by atoms with Gasteiger partial charge in [-0.05, 0) is 40.8 Å². The van der Waals surface area contributed by atoms with E-state index in [2.05, 4.69) is 27.8 Å². The van der Waals surface area contributed by atoms with Crippen molar-refractivity contribution in [3.63, 3.8) is 0 Å². The van der Waals surface area contributed by atoms with Gasteiger partial charge in [0.1, 0.15) is 11.9 Å². The maximum atomic E-state index is 12.3. The van der Waals surface area contributed by atoms with Crippen LogP contribution in [0.1, 0.15) is 26.2 Å². The van der Waals surface area contributed by atoms with E-state index in [1.807, 2.05) is 11.0 Å². The number of carbonyl (C=O) groups is 1. The molecule has 5 heteroatoms. The quantitative estimate of drug-likeness (QED) is 0.847. The molecule has 108 valence electrons. The van der Waals surface area contributed by atoms with Gasteiger partial charge in [0, 0.05) is 29.6 Å². The van der Waals surface area contributed by atoms with E-state index in [4.69, 9.17) is 4.74 Å². The van der Waals surface area contributed by atoms with Crippen molar-refractivity contribution in [1.29, 1.82) is 0 Å². The Morgan fingerprint density at radius 3 is 2.95 bits per heavy atom. The molecule has 1 aromatic heterocycles. The van der Waals surface area contributed by atoms with Crippen LogP contribution < -0.4 is 4.74 Å². The molecule has 2 aliphatic rings. The number of hydrogen-bond acceptors (Lipinski definition) is 3. The molecule has 1 aliphatic carbocycles. The fraction of sp³-hybridized carbons (Fsp3) is 0.600. The highest BCUT2D eigenvalue weighted by Crippen LogP contribution is 2.37. The lowest BCUT2D eigenvalue weighted by atomic mass is 10.1. The van der Waals surface area contributed by atoms with Crippen LogP contribution in [0.3, 0.4) is 0 Å². The number of ether oxygens (including phenoxy) is 1. The Kier molecular flexibility index (Phi) is 3.96. The summed E-state index contributed by atoms with van der Waals surface area (Å²) in [5.41, 5.74) is 0. The first-order valence-corrected chi connectivity index (χ1v) is 7.99. The molecule has 1 saturated heterocycles. The van der Waals surface area contributed by atoms with Crippen LogP contribution in [0.25, 0.3) is 0 Å². The predicted molar refractivity (Wildman–Crippen MR) is 79.4 cm³/mol. The van der Waals surface area contributed by atoms with Crippen LogP contribution in [0.2, 0.25) is 0 Å². The molecule has 3 rings (SSSR count). The van der Waals surface area contributed by atoms with Gasteiger partial charge >= 0.3 is 0 Å². The lowest BCUT2D eigenvalue weighted by Gasteiger charge is -2.21. The number of hydrogen-bond donors (Lipinski definition) is 0. The second-order valence-corrected chi connectivity index (χ2v) is 6.69. The van der Waals surface area contributed by atoms with E-state index in [1.54, 1.807) is 12.4 Å². The first-order chi connectivity index (χ1) is 9.63. The molecule has 0 N–H and O–H groups in total. The number of pyridine rings is 1. The minimum absolute atomic E-state index is 0.0847. The predicted octanol–water partition coefficient (Wildman–Crippen LogP) is 2.87. The minimum atomic E-state index is 0.0847. The molecule has 2 atom stereocenters. The largest absolute Gasteiger partial charge is 0.487 e. The summed E-state index contributed by atoms with van der Waals surface area (Å²) in [4.78, 5) is 18.4. The maximum Gasteiger partial charge on any atom is 0.225 e. The van der Waals surface area contributed by atoms with Crippen LogP contribution in [-0.2, 0) is 4.79 Å². The summed E-state index contributed by atoms with van der Waals surface area (Å²) >= 11 is 3.38. The molecule has 1 amide bonds. The molecule has 2 fully saturated rings. The molecule has 1 aliphatic heterocycles. The zero-order valence-corrected chi connectivity index (χ0v) is 13.2.